The van der Waals surface area contributed by atoms with Crippen molar-refractivity contribution < 1.29 is 0 Å². The van der Waals surface area contributed by atoms with Crippen LogP contribution in [-0.2, 0) is 0 Å². The smallest absolute Gasteiger partial charge is 0.134 e. The number of aromatic nitrogens is 2. The minimum absolute atomic E-state index is 0.481. The highest BCUT2D eigenvalue weighted by Gasteiger charge is 2.26. The fourth-order valence-corrected chi connectivity index (χ4v) is 2.12. The van der Waals surface area contributed by atoms with Gasteiger partial charge in [0, 0.05) is 25.2 Å². The van der Waals surface area contributed by atoms with Gasteiger partial charge in [0.1, 0.15) is 17.5 Å². The van der Waals surface area contributed by atoms with Crippen molar-refractivity contribution >= 4 is 11.6 Å². The van der Waals surface area contributed by atoms with Crippen LogP contribution in [0.1, 0.15) is 39.4 Å². The van der Waals surface area contributed by atoms with Crippen molar-refractivity contribution in [3.05, 3.63) is 11.9 Å². The lowest BCUT2D eigenvalue weighted by atomic mass is 10.2. The molecule has 0 unspecified atom stereocenters. The average molecular weight is 248 g/mol. The van der Waals surface area contributed by atoms with E-state index in [0.717, 1.165) is 36.5 Å². The van der Waals surface area contributed by atoms with Crippen LogP contribution in [0.3, 0.4) is 0 Å². The molecule has 1 aromatic rings. The van der Waals surface area contributed by atoms with Gasteiger partial charge in [-0.3, -0.25) is 0 Å². The van der Waals surface area contributed by atoms with E-state index in [1.54, 1.807) is 0 Å². The van der Waals surface area contributed by atoms with Gasteiger partial charge in [-0.2, -0.15) is 0 Å². The van der Waals surface area contributed by atoms with Gasteiger partial charge in [-0.15, -0.1) is 0 Å². The number of aryl methyl sites for hydroxylation is 1. The van der Waals surface area contributed by atoms with Crippen molar-refractivity contribution in [3.8, 4) is 0 Å². The van der Waals surface area contributed by atoms with Crippen LogP contribution in [0, 0.1) is 12.8 Å². The molecule has 1 heterocycles. The third kappa shape index (κ3) is 3.34. The molecule has 1 aliphatic rings. The SMILES string of the molecule is CCNc1cc(N(CC2CC2)C(C)C)nc(C)n1. The van der Waals surface area contributed by atoms with Crippen LogP contribution in [0.2, 0.25) is 0 Å². The number of rotatable bonds is 6. The van der Waals surface area contributed by atoms with E-state index >= 15 is 0 Å². The molecule has 0 saturated heterocycles. The Bertz CT molecular complexity index is 399. The van der Waals surface area contributed by atoms with Gasteiger partial charge in [-0.1, -0.05) is 0 Å². The molecule has 1 N–H and O–H groups in total. The van der Waals surface area contributed by atoms with Gasteiger partial charge in [0.05, 0.1) is 0 Å². The topological polar surface area (TPSA) is 41.0 Å². The summed E-state index contributed by atoms with van der Waals surface area (Å²) in [4.78, 5) is 11.4. The molecule has 2 rings (SSSR count). The molecule has 4 heteroatoms. The van der Waals surface area contributed by atoms with Crippen molar-refractivity contribution in [1.29, 1.82) is 0 Å². The van der Waals surface area contributed by atoms with Crippen LogP contribution < -0.4 is 10.2 Å². The highest BCUT2D eigenvalue weighted by atomic mass is 15.2. The summed E-state index contributed by atoms with van der Waals surface area (Å²) in [6.07, 6.45) is 2.74. The highest BCUT2D eigenvalue weighted by Crippen LogP contribution is 2.32. The summed E-state index contributed by atoms with van der Waals surface area (Å²) in [5.41, 5.74) is 0. The minimum atomic E-state index is 0.481. The van der Waals surface area contributed by atoms with Crippen LogP contribution >= 0.6 is 0 Å². The third-order valence-electron chi connectivity index (χ3n) is 3.25. The van der Waals surface area contributed by atoms with Crippen LogP contribution in [0.15, 0.2) is 6.07 Å². The molecule has 0 aliphatic heterocycles. The number of anilines is 2. The lowest BCUT2D eigenvalue weighted by Gasteiger charge is -2.28. The zero-order valence-corrected chi connectivity index (χ0v) is 11.9. The van der Waals surface area contributed by atoms with Crippen LogP contribution in [0.25, 0.3) is 0 Å². The number of nitrogens with one attached hydrogen (secondary N) is 1. The fraction of sp³-hybridized carbons (Fsp3) is 0.714. The molecule has 0 amide bonds. The Morgan fingerprint density at radius 2 is 2.11 bits per heavy atom. The minimum Gasteiger partial charge on any atom is -0.370 e. The summed E-state index contributed by atoms with van der Waals surface area (Å²) in [6, 6.07) is 2.55. The standard InChI is InChI=1S/C14H24N4/c1-5-15-13-8-14(17-11(4)16-13)18(10(2)3)9-12-6-7-12/h8,10,12H,5-7,9H2,1-4H3,(H,15,16,17). The van der Waals surface area contributed by atoms with Gasteiger partial charge in [0.2, 0.25) is 0 Å². The Balaban J connectivity index is 2.21. The van der Waals surface area contributed by atoms with Gasteiger partial charge in [-0.25, -0.2) is 9.97 Å². The van der Waals surface area contributed by atoms with Gasteiger partial charge in [-0.05, 0) is 46.5 Å². The first kappa shape index (κ1) is 13.1. The van der Waals surface area contributed by atoms with Crippen molar-refractivity contribution in [2.45, 2.75) is 46.6 Å². The maximum atomic E-state index is 4.59. The second-order valence-corrected chi connectivity index (χ2v) is 5.38. The first-order valence-corrected chi connectivity index (χ1v) is 6.96. The molecule has 0 radical (unpaired) electrons. The highest BCUT2D eigenvalue weighted by molar-refractivity contribution is 5.50. The molecule has 1 aromatic heterocycles. The summed E-state index contributed by atoms with van der Waals surface area (Å²) in [5.74, 6) is 3.69. The summed E-state index contributed by atoms with van der Waals surface area (Å²) in [7, 11) is 0. The summed E-state index contributed by atoms with van der Waals surface area (Å²) in [6.45, 7) is 10.5. The second-order valence-electron chi connectivity index (χ2n) is 5.38. The molecule has 1 saturated carbocycles. The zero-order valence-electron chi connectivity index (χ0n) is 11.9. The van der Waals surface area contributed by atoms with Crippen molar-refractivity contribution in [2.75, 3.05) is 23.3 Å². The van der Waals surface area contributed by atoms with Gasteiger partial charge in [0.25, 0.3) is 0 Å². The van der Waals surface area contributed by atoms with Gasteiger partial charge in [0.15, 0.2) is 0 Å². The van der Waals surface area contributed by atoms with Crippen LogP contribution in [0.4, 0.5) is 11.6 Å². The van der Waals surface area contributed by atoms with Crippen molar-refractivity contribution in [3.63, 3.8) is 0 Å². The molecule has 0 aromatic carbocycles. The largest absolute Gasteiger partial charge is 0.370 e. The molecule has 18 heavy (non-hydrogen) atoms. The van der Waals surface area contributed by atoms with Crippen molar-refractivity contribution in [1.82, 2.24) is 9.97 Å². The maximum Gasteiger partial charge on any atom is 0.134 e. The lowest BCUT2D eigenvalue weighted by Crippen LogP contribution is -2.33. The number of hydrogen-bond donors (Lipinski definition) is 1. The van der Waals surface area contributed by atoms with E-state index in [9.17, 15) is 0 Å². The third-order valence-corrected chi connectivity index (χ3v) is 3.25. The molecule has 0 bridgehead atoms. The average Bonchev–Trinajstić information content (AvgIpc) is 3.08. The maximum absolute atomic E-state index is 4.59. The Morgan fingerprint density at radius 3 is 2.67 bits per heavy atom. The van der Waals surface area contributed by atoms with E-state index in [4.69, 9.17) is 0 Å². The summed E-state index contributed by atoms with van der Waals surface area (Å²) < 4.78 is 0. The molecule has 0 spiro atoms. The monoisotopic (exact) mass is 248 g/mol. The van der Waals surface area contributed by atoms with E-state index in [1.807, 2.05) is 6.92 Å². The molecule has 1 aliphatic carbocycles. The Kier molecular flexibility index (Phi) is 4.04. The molecule has 1 fully saturated rings. The van der Waals surface area contributed by atoms with Crippen LogP contribution in [0.5, 0.6) is 0 Å². The number of hydrogen-bond acceptors (Lipinski definition) is 4. The van der Waals surface area contributed by atoms with E-state index < -0.39 is 0 Å². The van der Waals surface area contributed by atoms with Gasteiger partial charge >= 0.3 is 0 Å². The molecular formula is C14H24N4. The fourth-order valence-electron chi connectivity index (χ4n) is 2.12. The Morgan fingerprint density at radius 1 is 1.39 bits per heavy atom. The van der Waals surface area contributed by atoms with Gasteiger partial charge < -0.3 is 10.2 Å². The Hall–Kier alpha value is -1.32. The summed E-state index contributed by atoms with van der Waals surface area (Å²) >= 11 is 0. The first-order chi connectivity index (χ1) is 8.60. The molecule has 100 valence electrons. The van der Waals surface area contributed by atoms with E-state index in [1.165, 1.54) is 12.8 Å². The predicted molar refractivity (Wildman–Crippen MR) is 76.1 cm³/mol. The lowest BCUT2D eigenvalue weighted by molar-refractivity contribution is 0.635. The summed E-state index contributed by atoms with van der Waals surface area (Å²) in [5, 5.41) is 3.27. The normalized spacial score (nSPS) is 14.9. The molecular weight excluding hydrogens is 224 g/mol. The zero-order chi connectivity index (χ0) is 13.1. The van der Waals surface area contributed by atoms with E-state index in [-0.39, 0.29) is 0 Å². The molecule has 0 atom stereocenters. The van der Waals surface area contributed by atoms with E-state index in [2.05, 4.69) is 47.0 Å². The second kappa shape index (κ2) is 5.55. The first-order valence-electron chi connectivity index (χ1n) is 6.96. The van der Waals surface area contributed by atoms with Crippen molar-refractivity contribution in [2.24, 2.45) is 5.92 Å². The molecule has 4 nitrogen and oxygen atoms in total. The van der Waals surface area contributed by atoms with Crippen LogP contribution in [-0.4, -0.2) is 29.1 Å². The van der Waals surface area contributed by atoms with E-state index in [0.29, 0.717) is 6.04 Å². The number of nitrogens with zero attached hydrogens (tertiary/aromatic N) is 3. The Labute approximate surface area is 110 Å². The predicted octanol–water partition coefficient (Wildman–Crippen LogP) is 2.84. The quantitative estimate of drug-likeness (QED) is 0.840.